The van der Waals surface area contributed by atoms with Crippen LogP contribution in [0.15, 0.2) is 0 Å². The molecule has 1 atom stereocenters. The highest BCUT2D eigenvalue weighted by atomic mass is 16.5. The highest BCUT2D eigenvalue weighted by molar-refractivity contribution is 5.66. The Labute approximate surface area is 85.6 Å². The van der Waals surface area contributed by atoms with Gasteiger partial charge < -0.3 is 15.2 Å². The first-order valence-electron chi connectivity index (χ1n) is 4.88. The van der Waals surface area contributed by atoms with Gasteiger partial charge in [0.05, 0.1) is 5.60 Å². The number of carboxylic acid groups (broad SMARTS) is 1. The van der Waals surface area contributed by atoms with Crippen LogP contribution in [0.1, 0.15) is 33.6 Å². The van der Waals surface area contributed by atoms with Gasteiger partial charge in [0.25, 0.3) is 0 Å². The molecule has 14 heavy (non-hydrogen) atoms. The number of aliphatic carboxylic acids is 1. The second kappa shape index (κ2) is 5.98. The van der Waals surface area contributed by atoms with Crippen LogP contribution < -0.4 is 5.32 Å². The molecule has 0 aliphatic rings. The van der Waals surface area contributed by atoms with Gasteiger partial charge in [-0.05, 0) is 27.2 Å². The van der Waals surface area contributed by atoms with Crippen molar-refractivity contribution in [3.8, 4) is 0 Å². The van der Waals surface area contributed by atoms with E-state index in [1.54, 1.807) is 7.11 Å². The molecule has 0 aliphatic carbocycles. The Balaban J connectivity index is 3.63. The second-order valence-corrected chi connectivity index (χ2v) is 4.18. The first kappa shape index (κ1) is 13.4. The summed E-state index contributed by atoms with van der Waals surface area (Å²) in [5.41, 5.74) is -0.197. The van der Waals surface area contributed by atoms with Gasteiger partial charge in [0, 0.05) is 26.1 Å². The molecule has 4 heteroatoms. The maximum Gasteiger partial charge on any atom is 0.303 e. The zero-order chi connectivity index (χ0) is 11.2. The molecule has 2 N–H and O–H groups in total. The van der Waals surface area contributed by atoms with Gasteiger partial charge in [-0.3, -0.25) is 4.79 Å². The van der Waals surface area contributed by atoms with Gasteiger partial charge in [0.15, 0.2) is 0 Å². The summed E-state index contributed by atoms with van der Waals surface area (Å²) >= 11 is 0. The molecular weight excluding hydrogens is 182 g/mol. The summed E-state index contributed by atoms with van der Waals surface area (Å²) in [5.74, 6) is -0.746. The summed E-state index contributed by atoms with van der Waals surface area (Å²) in [7, 11) is 1.67. The van der Waals surface area contributed by atoms with E-state index in [0.29, 0.717) is 6.42 Å². The molecule has 0 aromatic heterocycles. The predicted molar refractivity (Wildman–Crippen MR) is 55.4 cm³/mol. The van der Waals surface area contributed by atoms with Crippen molar-refractivity contribution in [1.29, 1.82) is 0 Å². The number of hydrogen-bond donors (Lipinski definition) is 2. The second-order valence-electron chi connectivity index (χ2n) is 4.18. The van der Waals surface area contributed by atoms with E-state index >= 15 is 0 Å². The number of rotatable bonds is 7. The average molecular weight is 203 g/mol. The van der Waals surface area contributed by atoms with E-state index in [0.717, 1.165) is 6.54 Å². The van der Waals surface area contributed by atoms with E-state index < -0.39 is 5.97 Å². The van der Waals surface area contributed by atoms with Crippen LogP contribution >= 0.6 is 0 Å². The quantitative estimate of drug-likeness (QED) is 0.654. The van der Waals surface area contributed by atoms with Gasteiger partial charge in [0.1, 0.15) is 0 Å². The summed E-state index contributed by atoms with van der Waals surface area (Å²) in [4.78, 5) is 10.3. The molecule has 0 heterocycles. The Morgan fingerprint density at radius 1 is 1.57 bits per heavy atom. The molecule has 0 spiro atoms. The Kier molecular flexibility index (Phi) is 5.72. The lowest BCUT2D eigenvalue weighted by Gasteiger charge is -2.25. The van der Waals surface area contributed by atoms with Crippen LogP contribution in [0.4, 0.5) is 0 Å². The minimum absolute atomic E-state index is 0.197. The van der Waals surface area contributed by atoms with E-state index in [1.807, 2.05) is 20.8 Å². The fourth-order valence-electron chi connectivity index (χ4n) is 0.934. The molecule has 0 aromatic rings. The minimum atomic E-state index is -0.746. The number of nitrogens with one attached hydrogen (secondary N) is 1. The summed E-state index contributed by atoms with van der Waals surface area (Å²) in [6.45, 7) is 6.69. The third-order valence-corrected chi connectivity index (χ3v) is 2.22. The lowest BCUT2D eigenvalue weighted by molar-refractivity contribution is -0.137. The zero-order valence-corrected chi connectivity index (χ0v) is 9.46. The van der Waals surface area contributed by atoms with Crippen LogP contribution in [0.2, 0.25) is 0 Å². The van der Waals surface area contributed by atoms with Crippen molar-refractivity contribution >= 4 is 5.97 Å². The number of carboxylic acids is 1. The normalized spacial score (nSPS) is 14.0. The lowest BCUT2D eigenvalue weighted by atomic mass is 10.1. The SMILES string of the molecule is COC(C)(C)CNC(C)CCC(=O)O. The van der Waals surface area contributed by atoms with Crippen LogP contribution in [0.25, 0.3) is 0 Å². The topological polar surface area (TPSA) is 58.6 Å². The maximum atomic E-state index is 10.3. The third-order valence-electron chi connectivity index (χ3n) is 2.22. The van der Waals surface area contributed by atoms with Gasteiger partial charge in [-0.25, -0.2) is 0 Å². The molecule has 4 nitrogen and oxygen atoms in total. The molecule has 0 aliphatic heterocycles. The van der Waals surface area contributed by atoms with Crippen molar-refractivity contribution in [2.75, 3.05) is 13.7 Å². The van der Waals surface area contributed by atoms with Gasteiger partial charge >= 0.3 is 5.97 Å². The summed E-state index contributed by atoms with van der Waals surface area (Å²) in [5, 5.41) is 11.7. The fraction of sp³-hybridized carbons (Fsp3) is 0.900. The van der Waals surface area contributed by atoms with Crippen LogP contribution in [-0.4, -0.2) is 36.4 Å². The van der Waals surface area contributed by atoms with Gasteiger partial charge in [-0.15, -0.1) is 0 Å². The molecule has 0 bridgehead atoms. The third kappa shape index (κ3) is 6.86. The smallest absolute Gasteiger partial charge is 0.303 e. The molecule has 0 aromatic carbocycles. The van der Waals surface area contributed by atoms with Crippen molar-refractivity contribution in [2.24, 2.45) is 0 Å². The predicted octanol–water partition coefficient (Wildman–Crippen LogP) is 1.25. The van der Waals surface area contributed by atoms with Crippen LogP contribution in [-0.2, 0) is 9.53 Å². The molecule has 0 saturated heterocycles. The van der Waals surface area contributed by atoms with E-state index in [1.165, 1.54) is 0 Å². The van der Waals surface area contributed by atoms with E-state index in [4.69, 9.17) is 9.84 Å². The lowest BCUT2D eigenvalue weighted by Crippen LogP contribution is -2.40. The molecule has 0 amide bonds. The van der Waals surface area contributed by atoms with Crippen molar-refractivity contribution in [2.45, 2.75) is 45.3 Å². The standard InChI is InChI=1S/C10H21NO3/c1-8(5-6-9(12)13)11-7-10(2,3)14-4/h8,11H,5-7H2,1-4H3,(H,12,13). The Morgan fingerprint density at radius 3 is 2.57 bits per heavy atom. The van der Waals surface area contributed by atoms with Crippen LogP contribution in [0.3, 0.4) is 0 Å². The molecular formula is C10H21NO3. The average Bonchev–Trinajstić information content (AvgIpc) is 2.11. The Hall–Kier alpha value is -0.610. The van der Waals surface area contributed by atoms with Gasteiger partial charge in [-0.1, -0.05) is 0 Å². The number of ether oxygens (including phenoxy) is 1. The Morgan fingerprint density at radius 2 is 2.14 bits per heavy atom. The number of hydrogen-bond acceptors (Lipinski definition) is 3. The molecule has 0 fully saturated rings. The van der Waals surface area contributed by atoms with Crippen molar-refractivity contribution < 1.29 is 14.6 Å². The molecule has 0 rings (SSSR count). The maximum absolute atomic E-state index is 10.3. The zero-order valence-electron chi connectivity index (χ0n) is 9.46. The van der Waals surface area contributed by atoms with E-state index in [2.05, 4.69) is 5.32 Å². The highest BCUT2D eigenvalue weighted by Gasteiger charge is 2.17. The number of carbonyl (C=O) groups is 1. The summed E-state index contributed by atoms with van der Waals surface area (Å²) < 4.78 is 5.23. The van der Waals surface area contributed by atoms with Crippen LogP contribution in [0.5, 0.6) is 0 Å². The van der Waals surface area contributed by atoms with Crippen molar-refractivity contribution in [3.63, 3.8) is 0 Å². The van der Waals surface area contributed by atoms with Crippen molar-refractivity contribution in [3.05, 3.63) is 0 Å². The molecule has 0 saturated carbocycles. The highest BCUT2D eigenvalue weighted by Crippen LogP contribution is 2.06. The molecule has 1 unspecified atom stereocenters. The largest absolute Gasteiger partial charge is 0.481 e. The van der Waals surface area contributed by atoms with E-state index in [9.17, 15) is 4.79 Å². The van der Waals surface area contributed by atoms with Crippen LogP contribution in [0, 0.1) is 0 Å². The Bertz CT molecular complexity index is 180. The summed E-state index contributed by atoms with van der Waals surface area (Å²) in [6, 6.07) is 0.209. The minimum Gasteiger partial charge on any atom is -0.481 e. The van der Waals surface area contributed by atoms with Gasteiger partial charge in [-0.2, -0.15) is 0 Å². The first-order chi connectivity index (χ1) is 6.37. The first-order valence-corrected chi connectivity index (χ1v) is 4.88. The number of methoxy groups -OCH3 is 1. The molecule has 0 radical (unpaired) electrons. The summed E-state index contributed by atoms with van der Waals surface area (Å²) in [6.07, 6.45) is 0.858. The fourth-order valence-corrected chi connectivity index (χ4v) is 0.934. The molecule has 84 valence electrons. The van der Waals surface area contributed by atoms with Crippen molar-refractivity contribution in [1.82, 2.24) is 5.32 Å². The monoisotopic (exact) mass is 203 g/mol. The van der Waals surface area contributed by atoms with Gasteiger partial charge in [0.2, 0.25) is 0 Å². The van der Waals surface area contributed by atoms with E-state index in [-0.39, 0.29) is 18.1 Å².